The summed E-state index contributed by atoms with van der Waals surface area (Å²) < 4.78 is 29.7. The second-order valence-corrected chi connectivity index (χ2v) is 19.7. The summed E-state index contributed by atoms with van der Waals surface area (Å²) in [5, 5.41) is 0.133. The lowest BCUT2D eigenvalue weighted by Crippen LogP contribution is -2.47. The summed E-state index contributed by atoms with van der Waals surface area (Å²) in [6.07, 6.45) is 3.09. The molecule has 8 heteroatoms. The molecule has 1 spiro atoms. The Morgan fingerprint density at radius 3 is 2.06 bits per heavy atom. The molecule has 6 nitrogen and oxygen atoms in total. The Labute approximate surface area is 200 Å². The maximum Gasteiger partial charge on any atom is 0.410 e. The molecule has 1 saturated heterocycles. The second kappa shape index (κ2) is 9.23. The van der Waals surface area contributed by atoms with Crippen molar-refractivity contribution in [3.63, 3.8) is 0 Å². The number of carbonyl (C=O) groups is 1. The van der Waals surface area contributed by atoms with Crippen molar-refractivity contribution < 1.29 is 18.5 Å². The number of nitrogens with zero attached hydrogens (tertiary/aromatic N) is 2. The van der Waals surface area contributed by atoms with Crippen LogP contribution in [0.2, 0.25) is 18.1 Å². The van der Waals surface area contributed by atoms with Crippen molar-refractivity contribution in [2.75, 3.05) is 13.1 Å². The third-order valence-corrected chi connectivity index (χ3v) is 13.0. The van der Waals surface area contributed by atoms with Crippen molar-refractivity contribution in [3.8, 4) is 0 Å². The first-order valence-corrected chi connectivity index (χ1v) is 15.9. The van der Waals surface area contributed by atoms with Gasteiger partial charge in [-0.3, -0.25) is 0 Å². The van der Waals surface area contributed by atoms with Crippen LogP contribution in [0.15, 0.2) is 4.40 Å². The van der Waals surface area contributed by atoms with Crippen LogP contribution in [0.25, 0.3) is 0 Å². The van der Waals surface area contributed by atoms with Crippen LogP contribution < -0.4 is 0 Å². The summed E-state index contributed by atoms with van der Waals surface area (Å²) in [5.74, 6) is 0. The molecule has 2 atom stereocenters. The molecule has 1 aliphatic carbocycles. The molecule has 2 fully saturated rings. The summed E-state index contributed by atoms with van der Waals surface area (Å²) >= 11 is -1.30. The average molecular weight is 487 g/mol. The first-order chi connectivity index (χ1) is 14.3. The molecule has 0 N–H and O–H groups in total. The second-order valence-electron chi connectivity index (χ2n) is 13.1. The molecule has 0 bridgehead atoms. The quantitative estimate of drug-likeness (QED) is 0.357. The van der Waals surface area contributed by atoms with E-state index in [4.69, 9.17) is 13.6 Å². The topological polar surface area (TPSA) is 74.2 Å². The lowest BCUT2D eigenvalue weighted by Gasteiger charge is -2.41. The van der Waals surface area contributed by atoms with Crippen molar-refractivity contribution in [1.29, 1.82) is 0 Å². The Morgan fingerprint density at radius 2 is 1.62 bits per heavy atom. The van der Waals surface area contributed by atoms with Crippen molar-refractivity contribution >= 4 is 31.5 Å². The third kappa shape index (κ3) is 6.73. The van der Waals surface area contributed by atoms with Crippen molar-refractivity contribution in [2.45, 2.75) is 123 Å². The van der Waals surface area contributed by atoms with E-state index in [1.807, 2.05) is 41.5 Å². The van der Waals surface area contributed by atoms with Gasteiger partial charge in [-0.2, -0.15) is 0 Å². The van der Waals surface area contributed by atoms with Gasteiger partial charge < -0.3 is 18.6 Å². The lowest BCUT2D eigenvalue weighted by atomic mass is 9.76. The SMILES string of the molecule is CC(C)(C)OC(=O)N1CCC2(CC1)C[C@@H](O[Si](C)(C)C(C)(C)C)CC2=N[S+]([O-])C(C)(C)C. The van der Waals surface area contributed by atoms with Gasteiger partial charge in [0.2, 0.25) is 0 Å². The highest BCUT2D eigenvalue weighted by molar-refractivity contribution is 7.91. The van der Waals surface area contributed by atoms with Crippen LogP contribution in [0.3, 0.4) is 0 Å². The van der Waals surface area contributed by atoms with Crippen LogP contribution in [0, 0.1) is 5.41 Å². The van der Waals surface area contributed by atoms with Crippen molar-refractivity contribution in [3.05, 3.63) is 0 Å². The summed E-state index contributed by atoms with van der Waals surface area (Å²) in [6.45, 7) is 24.2. The molecule has 2 aliphatic rings. The number of hydrogen-bond acceptors (Lipinski definition) is 5. The van der Waals surface area contributed by atoms with Crippen molar-refractivity contribution in [2.24, 2.45) is 9.81 Å². The van der Waals surface area contributed by atoms with Gasteiger partial charge in [0, 0.05) is 24.9 Å². The van der Waals surface area contributed by atoms with E-state index in [2.05, 4.69) is 33.9 Å². The highest BCUT2D eigenvalue weighted by Crippen LogP contribution is 2.48. The van der Waals surface area contributed by atoms with E-state index >= 15 is 0 Å². The number of hydrogen-bond donors (Lipinski definition) is 0. The maximum absolute atomic E-state index is 12.9. The number of carbonyl (C=O) groups excluding carboxylic acids is 1. The minimum Gasteiger partial charge on any atom is -0.591 e. The maximum atomic E-state index is 12.9. The number of likely N-dealkylation sites (tertiary alicyclic amines) is 1. The van der Waals surface area contributed by atoms with Gasteiger partial charge >= 0.3 is 6.09 Å². The Morgan fingerprint density at radius 1 is 1.09 bits per heavy atom. The molecule has 2 rings (SSSR count). The Kier molecular flexibility index (Phi) is 7.98. The van der Waals surface area contributed by atoms with Crippen LogP contribution in [0.1, 0.15) is 88.0 Å². The number of piperidine rings is 1. The average Bonchev–Trinajstić information content (AvgIpc) is 2.87. The molecule has 1 saturated carbocycles. The predicted octanol–water partition coefficient (Wildman–Crippen LogP) is 6.09. The fraction of sp³-hybridized carbons (Fsp3) is 0.917. The molecule has 32 heavy (non-hydrogen) atoms. The summed E-state index contributed by atoms with van der Waals surface area (Å²) in [5.41, 5.74) is 0.378. The van der Waals surface area contributed by atoms with Crippen LogP contribution in [-0.4, -0.2) is 59.1 Å². The third-order valence-electron chi connectivity index (χ3n) is 7.01. The molecule has 0 aromatic rings. The van der Waals surface area contributed by atoms with Crippen molar-refractivity contribution in [1.82, 2.24) is 4.90 Å². The molecule has 0 radical (unpaired) electrons. The van der Waals surface area contributed by atoms with Gasteiger partial charge in [0.1, 0.15) is 21.7 Å². The smallest absolute Gasteiger partial charge is 0.410 e. The zero-order valence-electron chi connectivity index (χ0n) is 22.3. The molecular formula is C24H46N2O4SSi. The fourth-order valence-electron chi connectivity index (χ4n) is 4.04. The van der Waals surface area contributed by atoms with E-state index in [1.165, 1.54) is 0 Å². The van der Waals surface area contributed by atoms with E-state index in [1.54, 1.807) is 4.90 Å². The van der Waals surface area contributed by atoms with Gasteiger partial charge in [-0.15, -0.1) is 0 Å². The van der Waals surface area contributed by atoms with Crippen LogP contribution in [-0.2, 0) is 20.5 Å². The van der Waals surface area contributed by atoms with Crippen LogP contribution >= 0.6 is 0 Å². The van der Waals surface area contributed by atoms with E-state index < -0.39 is 30.0 Å². The number of amides is 1. The number of ether oxygens (including phenoxy) is 1. The van der Waals surface area contributed by atoms with Gasteiger partial charge in [-0.25, -0.2) is 4.79 Å². The molecule has 0 aromatic heterocycles. The summed E-state index contributed by atoms with van der Waals surface area (Å²) in [4.78, 5) is 14.4. The fourth-order valence-corrected chi connectivity index (χ4v) is 6.14. The monoisotopic (exact) mass is 486 g/mol. The first-order valence-electron chi connectivity index (χ1n) is 11.9. The van der Waals surface area contributed by atoms with Gasteiger partial charge in [0.25, 0.3) is 0 Å². The van der Waals surface area contributed by atoms with E-state index in [9.17, 15) is 9.35 Å². The molecule has 0 aromatic carbocycles. The molecule has 1 aliphatic heterocycles. The molecule has 1 heterocycles. The number of rotatable bonds is 3. The summed E-state index contributed by atoms with van der Waals surface area (Å²) in [7, 11) is -1.93. The minimum absolute atomic E-state index is 0.0969. The standard InChI is InChI=1S/C24H46N2O4SSi/c1-21(2,3)29-20(27)26-14-12-24(13-15-26)17-18(30-32(10,11)23(7,8)9)16-19(24)25-31(28)22(4,5)6/h18H,12-17H2,1-11H3/t18-,31?/m0/s1. The molecule has 1 unspecified atom stereocenters. The van der Waals surface area contributed by atoms with Gasteiger partial charge in [-0.1, -0.05) is 25.2 Å². The zero-order chi connectivity index (χ0) is 24.8. The zero-order valence-corrected chi connectivity index (χ0v) is 24.1. The van der Waals surface area contributed by atoms with E-state index in [0.717, 1.165) is 31.4 Å². The Balaban J connectivity index is 2.24. The summed E-state index contributed by atoms with van der Waals surface area (Å²) in [6, 6.07) is 0. The molecular weight excluding hydrogens is 440 g/mol. The Hall–Kier alpha value is -0.573. The first kappa shape index (κ1) is 27.7. The van der Waals surface area contributed by atoms with Gasteiger partial charge in [-0.05, 0) is 78.9 Å². The van der Waals surface area contributed by atoms with Gasteiger partial charge in [0.15, 0.2) is 8.32 Å². The minimum atomic E-state index is -1.93. The molecule has 1 amide bonds. The normalized spacial score (nSPS) is 24.8. The lowest BCUT2D eigenvalue weighted by molar-refractivity contribution is 0.0143. The predicted molar refractivity (Wildman–Crippen MR) is 136 cm³/mol. The van der Waals surface area contributed by atoms with Crippen LogP contribution in [0.4, 0.5) is 4.79 Å². The highest BCUT2D eigenvalue weighted by Gasteiger charge is 2.51. The van der Waals surface area contributed by atoms with E-state index in [-0.39, 0.29) is 22.7 Å². The largest absolute Gasteiger partial charge is 0.591 e. The highest BCUT2D eigenvalue weighted by atomic mass is 32.2. The van der Waals surface area contributed by atoms with Gasteiger partial charge in [0.05, 0.1) is 11.8 Å². The molecule has 186 valence electrons. The Bertz CT molecular complexity index is 711. The van der Waals surface area contributed by atoms with Crippen LogP contribution in [0.5, 0.6) is 0 Å². The van der Waals surface area contributed by atoms with E-state index in [0.29, 0.717) is 13.1 Å².